The molecule has 3 nitrogen and oxygen atoms in total. The van der Waals surface area contributed by atoms with E-state index in [0.717, 1.165) is 16.8 Å². The molecule has 0 aliphatic heterocycles. The lowest BCUT2D eigenvalue weighted by Crippen LogP contribution is -2.29. The minimum Gasteiger partial charge on any atom is -0.383 e. The Labute approximate surface area is 107 Å². The first kappa shape index (κ1) is 12.9. The van der Waals surface area contributed by atoms with Gasteiger partial charge < -0.3 is 9.64 Å². The predicted octanol–water partition coefficient (Wildman–Crippen LogP) is 2.69. The molecule has 5 heteroatoms. The molecule has 1 rings (SSSR count). The maximum Gasteiger partial charge on any atom is 0.142 e. The molecule has 1 unspecified atom stereocenters. The molecule has 1 aromatic rings. The van der Waals surface area contributed by atoms with Gasteiger partial charge in [0.1, 0.15) is 5.82 Å². The van der Waals surface area contributed by atoms with Gasteiger partial charge in [0.15, 0.2) is 0 Å². The average Bonchev–Trinajstić information content (AvgIpc) is 2.18. The second-order valence-corrected chi connectivity index (χ2v) is 5.39. The van der Waals surface area contributed by atoms with Crippen LogP contribution in [0.2, 0.25) is 0 Å². The Balaban J connectivity index is 2.61. The Morgan fingerprint density at radius 2 is 2.33 bits per heavy atom. The smallest absolute Gasteiger partial charge is 0.142 e. The summed E-state index contributed by atoms with van der Waals surface area (Å²) in [4.78, 5) is 6.70. The molecule has 0 aliphatic rings. The first-order valence-electron chi connectivity index (χ1n) is 4.59. The zero-order chi connectivity index (χ0) is 11.3. The molecule has 0 bridgehead atoms. The zero-order valence-corrected chi connectivity index (χ0v) is 12.0. The van der Waals surface area contributed by atoms with Crippen molar-refractivity contribution in [2.24, 2.45) is 0 Å². The Morgan fingerprint density at radius 3 is 2.93 bits per heavy atom. The van der Waals surface area contributed by atoms with Gasteiger partial charge in [-0.1, -0.05) is 15.9 Å². The van der Waals surface area contributed by atoms with Crippen LogP contribution >= 0.6 is 31.9 Å². The number of aromatic nitrogens is 1. The Bertz CT molecular complexity index is 309. The summed E-state index contributed by atoms with van der Waals surface area (Å²) in [5.41, 5.74) is 0. The van der Waals surface area contributed by atoms with Crippen LogP contribution in [-0.4, -0.2) is 37.1 Å². The number of alkyl halides is 1. The summed E-state index contributed by atoms with van der Waals surface area (Å²) in [7, 11) is 3.71. The average molecular weight is 338 g/mol. The zero-order valence-electron chi connectivity index (χ0n) is 8.78. The second kappa shape index (κ2) is 6.45. The van der Waals surface area contributed by atoms with Crippen molar-refractivity contribution in [2.45, 2.75) is 4.83 Å². The van der Waals surface area contributed by atoms with E-state index in [1.807, 2.05) is 19.2 Å². The summed E-state index contributed by atoms with van der Waals surface area (Å²) in [6.45, 7) is 1.54. The van der Waals surface area contributed by atoms with Crippen molar-refractivity contribution in [3.8, 4) is 0 Å². The minimum absolute atomic E-state index is 0.307. The van der Waals surface area contributed by atoms with Gasteiger partial charge in [-0.05, 0) is 28.1 Å². The third-order valence-corrected chi connectivity index (χ3v) is 3.09. The molecule has 1 aromatic heterocycles. The van der Waals surface area contributed by atoms with Gasteiger partial charge in [-0.15, -0.1) is 0 Å². The fourth-order valence-electron chi connectivity index (χ4n) is 1.28. The van der Waals surface area contributed by atoms with Crippen LogP contribution in [0, 0.1) is 0 Å². The summed E-state index contributed by atoms with van der Waals surface area (Å²) in [6, 6.07) is 3.89. The molecule has 0 fully saturated rings. The van der Waals surface area contributed by atoms with Crippen LogP contribution in [-0.2, 0) is 4.74 Å². The van der Waals surface area contributed by atoms with E-state index < -0.39 is 0 Å². The summed E-state index contributed by atoms with van der Waals surface area (Å²) < 4.78 is 6.07. The van der Waals surface area contributed by atoms with E-state index in [2.05, 4.69) is 41.7 Å². The van der Waals surface area contributed by atoms with E-state index in [-0.39, 0.29) is 0 Å². The van der Waals surface area contributed by atoms with Crippen LogP contribution in [0.3, 0.4) is 0 Å². The summed E-state index contributed by atoms with van der Waals surface area (Å²) >= 11 is 7.03. The molecule has 0 radical (unpaired) electrons. The van der Waals surface area contributed by atoms with E-state index in [1.54, 1.807) is 13.3 Å². The van der Waals surface area contributed by atoms with E-state index in [9.17, 15) is 0 Å². The molecule has 0 N–H and O–H groups in total. The topological polar surface area (TPSA) is 25.4 Å². The van der Waals surface area contributed by atoms with Crippen molar-refractivity contribution < 1.29 is 4.74 Å². The molecule has 0 aliphatic carbocycles. The van der Waals surface area contributed by atoms with Crippen LogP contribution in [0.1, 0.15) is 0 Å². The van der Waals surface area contributed by atoms with Crippen LogP contribution in [0.15, 0.2) is 22.8 Å². The number of ether oxygens (including phenoxy) is 1. The molecule has 0 amide bonds. The Kier molecular flexibility index (Phi) is 5.56. The van der Waals surface area contributed by atoms with E-state index in [0.29, 0.717) is 11.4 Å². The summed E-state index contributed by atoms with van der Waals surface area (Å²) in [6.07, 6.45) is 1.79. The van der Waals surface area contributed by atoms with Gasteiger partial charge in [0.2, 0.25) is 0 Å². The van der Waals surface area contributed by atoms with Gasteiger partial charge in [0.05, 0.1) is 15.9 Å². The lowest BCUT2D eigenvalue weighted by molar-refractivity contribution is 0.201. The van der Waals surface area contributed by atoms with Crippen molar-refractivity contribution in [3.05, 3.63) is 22.8 Å². The van der Waals surface area contributed by atoms with Crippen molar-refractivity contribution in [1.29, 1.82) is 0 Å². The quantitative estimate of drug-likeness (QED) is 0.772. The number of hydrogen-bond acceptors (Lipinski definition) is 3. The first-order chi connectivity index (χ1) is 7.15. The molecule has 0 aromatic carbocycles. The first-order valence-corrected chi connectivity index (χ1v) is 6.30. The Morgan fingerprint density at radius 1 is 1.60 bits per heavy atom. The fraction of sp³-hybridized carbons (Fsp3) is 0.500. The van der Waals surface area contributed by atoms with Crippen molar-refractivity contribution >= 4 is 37.7 Å². The highest BCUT2D eigenvalue weighted by molar-refractivity contribution is 9.10. The second-order valence-electron chi connectivity index (χ2n) is 3.24. The number of nitrogens with zero attached hydrogens (tertiary/aromatic N) is 2. The Hall–Kier alpha value is -0.130. The number of halogens is 2. The van der Waals surface area contributed by atoms with Crippen LogP contribution in [0.25, 0.3) is 0 Å². The predicted molar refractivity (Wildman–Crippen MR) is 69.8 cm³/mol. The molecular weight excluding hydrogens is 324 g/mol. The fourth-order valence-corrected chi connectivity index (χ4v) is 2.53. The molecule has 1 heterocycles. The van der Waals surface area contributed by atoms with E-state index in [4.69, 9.17) is 4.74 Å². The standard InChI is InChI=1S/C10H14Br2N2O/c1-14(6-8(11)7-15-2)10-9(12)4-3-5-13-10/h3-5,8H,6-7H2,1-2H3. The van der Waals surface area contributed by atoms with Gasteiger partial charge in [0.25, 0.3) is 0 Å². The molecule has 84 valence electrons. The lowest BCUT2D eigenvalue weighted by atomic mass is 10.4. The number of methoxy groups -OCH3 is 1. The molecule has 0 saturated carbocycles. The molecule has 0 spiro atoms. The van der Waals surface area contributed by atoms with Crippen molar-refractivity contribution in [3.63, 3.8) is 0 Å². The maximum absolute atomic E-state index is 5.06. The minimum atomic E-state index is 0.307. The van der Waals surface area contributed by atoms with Gasteiger partial charge in [-0.2, -0.15) is 0 Å². The number of anilines is 1. The SMILES string of the molecule is COCC(Br)CN(C)c1ncccc1Br. The van der Waals surface area contributed by atoms with Crippen LogP contribution in [0.5, 0.6) is 0 Å². The normalized spacial score (nSPS) is 12.5. The monoisotopic (exact) mass is 336 g/mol. The van der Waals surface area contributed by atoms with E-state index >= 15 is 0 Å². The number of pyridine rings is 1. The maximum atomic E-state index is 5.06. The summed E-state index contributed by atoms with van der Waals surface area (Å²) in [5, 5.41) is 0. The molecule has 0 saturated heterocycles. The molecule has 15 heavy (non-hydrogen) atoms. The van der Waals surface area contributed by atoms with Crippen molar-refractivity contribution in [1.82, 2.24) is 4.98 Å². The van der Waals surface area contributed by atoms with Crippen LogP contribution < -0.4 is 4.90 Å². The van der Waals surface area contributed by atoms with Gasteiger partial charge >= 0.3 is 0 Å². The van der Waals surface area contributed by atoms with E-state index in [1.165, 1.54) is 0 Å². The van der Waals surface area contributed by atoms with Crippen molar-refractivity contribution in [2.75, 3.05) is 32.2 Å². The lowest BCUT2D eigenvalue weighted by Gasteiger charge is -2.21. The highest BCUT2D eigenvalue weighted by Crippen LogP contribution is 2.22. The van der Waals surface area contributed by atoms with Gasteiger partial charge in [-0.3, -0.25) is 0 Å². The van der Waals surface area contributed by atoms with Crippen LogP contribution in [0.4, 0.5) is 5.82 Å². The third kappa shape index (κ3) is 4.09. The number of rotatable bonds is 5. The highest BCUT2D eigenvalue weighted by atomic mass is 79.9. The molecule has 1 atom stereocenters. The largest absolute Gasteiger partial charge is 0.383 e. The summed E-state index contributed by atoms with van der Waals surface area (Å²) in [5.74, 6) is 0.943. The molecular formula is C10H14Br2N2O. The van der Waals surface area contributed by atoms with Gasteiger partial charge in [0, 0.05) is 26.9 Å². The number of hydrogen-bond donors (Lipinski definition) is 0. The highest BCUT2D eigenvalue weighted by Gasteiger charge is 2.11. The van der Waals surface area contributed by atoms with Gasteiger partial charge in [-0.25, -0.2) is 4.98 Å². The third-order valence-electron chi connectivity index (χ3n) is 1.92.